The number of nitrogens with one attached hydrogen (secondary N) is 1. The summed E-state index contributed by atoms with van der Waals surface area (Å²) in [4.78, 5) is 2.35. The SMILES string of the molecule is CC1(C)CN(c2ccc(Cl)cc2)CC(CCO)N1. The maximum atomic E-state index is 9.11. The molecular weight excluding hydrogens is 248 g/mol. The zero-order valence-electron chi connectivity index (χ0n) is 11.0. The Morgan fingerprint density at radius 3 is 2.67 bits per heavy atom. The highest BCUT2D eigenvalue weighted by molar-refractivity contribution is 6.30. The van der Waals surface area contributed by atoms with Crippen molar-refractivity contribution >= 4 is 17.3 Å². The number of aliphatic hydroxyl groups excluding tert-OH is 1. The quantitative estimate of drug-likeness (QED) is 0.883. The van der Waals surface area contributed by atoms with Crippen molar-refractivity contribution in [1.29, 1.82) is 0 Å². The Bertz CT molecular complexity index is 391. The zero-order valence-corrected chi connectivity index (χ0v) is 11.7. The molecule has 1 unspecified atom stereocenters. The molecule has 0 bridgehead atoms. The molecule has 2 rings (SSSR count). The highest BCUT2D eigenvalue weighted by atomic mass is 35.5. The smallest absolute Gasteiger partial charge is 0.0446 e. The zero-order chi connectivity index (χ0) is 13.2. The van der Waals surface area contributed by atoms with Crippen LogP contribution in [0, 0.1) is 0 Å². The van der Waals surface area contributed by atoms with Crippen molar-refractivity contribution in [3.05, 3.63) is 29.3 Å². The van der Waals surface area contributed by atoms with Gasteiger partial charge >= 0.3 is 0 Å². The molecule has 1 saturated heterocycles. The number of hydrogen-bond donors (Lipinski definition) is 2. The molecule has 0 spiro atoms. The highest BCUT2D eigenvalue weighted by Gasteiger charge is 2.31. The first kappa shape index (κ1) is 13.7. The third-order valence-electron chi connectivity index (χ3n) is 3.29. The van der Waals surface area contributed by atoms with E-state index < -0.39 is 0 Å². The third-order valence-corrected chi connectivity index (χ3v) is 3.54. The van der Waals surface area contributed by atoms with Gasteiger partial charge in [0.15, 0.2) is 0 Å². The summed E-state index contributed by atoms with van der Waals surface area (Å²) in [5, 5.41) is 13.4. The third kappa shape index (κ3) is 3.37. The van der Waals surface area contributed by atoms with Gasteiger partial charge in [-0.2, -0.15) is 0 Å². The first-order valence-electron chi connectivity index (χ1n) is 6.39. The summed E-state index contributed by atoms with van der Waals surface area (Å²) in [6, 6.07) is 8.29. The van der Waals surface area contributed by atoms with Gasteiger partial charge in [-0.3, -0.25) is 0 Å². The van der Waals surface area contributed by atoms with Gasteiger partial charge in [0, 0.05) is 42.0 Å². The van der Waals surface area contributed by atoms with E-state index in [0.29, 0.717) is 6.04 Å². The molecule has 18 heavy (non-hydrogen) atoms. The minimum absolute atomic E-state index is 0.0533. The lowest BCUT2D eigenvalue weighted by molar-refractivity contribution is 0.224. The Balaban J connectivity index is 2.14. The Morgan fingerprint density at radius 1 is 1.39 bits per heavy atom. The molecule has 1 aliphatic rings. The van der Waals surface area contributed by atoms with Crippen LogP contribution in [0.3, 0.4) is 0 Å². The molecule has 1 aliphatic heterocycles. The monoisotopic (exact) mass is 268 g/mol. The van der Waals surface area contributed by atoms with E-state index in [-0.39, 0.29) is 12.1 Å². The van der Waals surface area contributed by atoms with Crippen molar-refractivity contribution < 1.29 is 5.11 Å². The number of piperazine rings is 1. The van der Waals surface area contributed by atoms with E-state index in [4.69, 9.17) is 16.7 Å². The number of aliphatic hydroxyl groups is 1. The first-order valence-corrected chi connectivity index (χ1v) is 6.77. The molecule has 100 valence electrons. The molecule has 0 aromatic heterocycles. The van der Waals surface area contributed by atoms with Crippen LogP contribution in [0.15, 0.2) is 24.3 Å². The van der Waals surface area contributed by atoms with E-state index in [1.165, 1.54) is 5.69 Å². The van der Waals surface area contributed by atoms with E-state index in [9.17, 15) is 0 Å². The molecule has 1 atom stereocenters. The molecule has 0 aliphatic carbocycles. The fourth-order valence-corrected chi connectivity index (χ4v) is 2.75. The number of benzene rings is 1. The summed E-state index contributed by atoms with van der Waals surface area (Å²) in [6.07, 6.45) is 0.785. The van der Waals surface area contributed by atoms with E-state index in [1.807, 2.05) is 12.1 Å². The van der Waals surface area contributed by atoms with Crippen LogP contribution < -0.4 is 10.2 Å². The minimum atomic E-state index is 0.0533. The van der Waals surface area contributed by atoms with Gasteiger partial charge in [0.1, 0.15) is 0 Å². The molecule has 1 aromatic carbocycles. The van der Waals surface area contributed by atoms with Crippen LogP contribution in [0.1, 0.15) is 20.3 Å². The Kier molecular flexibility index (Phi) is 4.15. The largest absolute Gasteiger partial charge is 0.396 e. The Morgan fingerprint density at radius 2 is 2.06 bits per heavy atom. The van der Waals surface area contributed by atoms with Crippen LogP contribution in [-0.2, 0) is 0 Å². The number of hydrogen-bond acceptors (Lipinski definition) is 3. The van der Waals surface area contributed by atoms with Crippen LogP contribution in [0.4, 0.5) is 5.69 Å². The van der Waals surface area contributed by atoms with Gasteiger partial charge in [0.2, 0.25) is 0 Å². The van der Waals surface area contributed by atoms with Crippen molar-refractivity contribution in [2.45, 2.75) is 31.8 Å². The topological polar surface area (TPSA) is 35.5 Å². The molecule has 0 radical (unpaired) electrons. The summed E-state index contributed by atoms with van der Waals surface area (Å²) in [5.41, 5.74) is 1.24. The van der Waals surface area contributed by atoms with Crippen LogP contribution in [0.2, 0.25) is 5.02 Å². The lowest BCUT2D eigenvalue weighted by Crippen LogP contribution is -2.62. The fraction of sp³-hybridized carbons (Fsp3) is 0.571. The van der Waals surface area contributed by atoms with Crippen molar-refractivity contribution in [3.8, 4) is 0 Å². The molecule has 2 N–H and O–H groups in total. The van der Waals surface area contributed by atoms with Gasteiger partial charge < -0.3 is 15.3 Å². The minimum Gasteiger partial charge on any atom is -0.396 e. The van der Waals surface area contributed by atoms with Crippen molar-refractivity contribution in [3.63, 3.8) is 0 Å². The summed E-state index contributed by atoms with van der Waals surface area (Å²) >= 11 is 5.92. The highest BCUT2D eigenvalue weighted by Crippen LogP contribution is 2.24. The standard InChI is InChI=1S/C14H21ClN2O/c1-14(2)10-17(9-12(16-14)7-8-18)13-5-3-11(15)4-6-13/h3-6,12,16,18H,7-10H2,1-2H3. The van der Waals surface area contributed by atoms with Gasteiger partial charge in [0.25, 0.3) is 0 Å². The van der Waals surface area contributed by atoms with Crippen LogP contribution >= 0.6 is 11.6 Å². The van der Waals surface area contributed by atoms with Crippen LogP contribution in [0.5, 0.6) is 0 Å². The predicted octanol–water partition coefficient (Wildman–Crippen LogP) is 2.28. The summed E-state index contributed by atoms with van der Waals surface area (Å²) in [7, 11) is 0. The van der Waals surface area contributed by atoms with E-state index in [2.05, 4.69) is 36.2 Å². The maximum absolute atomic E-state index is 9.11. The van der Waals surface area contributed by atoms with Gasteiger partial charge in [0.05, 0.1) is 0 Å². The van der Waals surface area contributed by atoms with E-state index in [1.54, 1.807) is 0 Å². The second-order valence-corrected chi connectivity index (χ2v) is 6.03. The van der Waals surface area contributed by atoms with Crippen LogP contribution in [0.25, 0.3) is 0 Å². The second kappa shape index (κ2) is 5.47. The van der Waals surface area contributed by atoms with Crippen molar-refractivity contribution in [2.75, 3.05) is 24.6 Å². The summed E-state index contributed by atoms with van der Waals surface area (Å²) in [5.74, 6) is 0. The predicted molar refractivity (Wildman–Crippen MR) is 76.4 cm³/mol. The average molecular weight is 269 g/mol. The maximum Gasteiger partial charge on any atom is 0.0446 e. The number of anilines is 1. The number of halogens is 1. The summed E-state index contributed by atoms with van der Waals surface area (Å²) < 4.78 is 0. The molecule has 1 fully saturated rings. The number of nitrogens with zero attached hydrogens (tertiary/aromatic N) is 1. The molecule has 3 nitrogen and oxygen atoms in total. The van der Waals surface area contributed by atoms with Gasteiger partial charge in [-0.25, -0.2) is 0 Å². The molecule has 0 amide bonds. The van der Waals surface area contributed by atoms with Gasteiger partial charge in [-0.05, 0) is 44.5 Å². The summed E-state index contributed by atoms with van der Waals surface area (Å²) in [6.45, 7) is 6.49. The van der Waals surface area contributed by atoms with Gasteiger partial charge in [-0.1, -0.05) is 11.6 Å². The molecule has 1 aromatic rings. The molecule has 1 heterocycles. The lowest BCUT2D eigenvalue weighted by atomic mass is 9.96. The first-order chi connectivity index (χ1) is 8.50. The average Bonchev–Trinajstić information content (AvgIpc) is 2.28. The molecular formula is C14H21ClN2O. The second-order valence-electron chi connectivity index (χ2n) is 5.59. The molecule has 0 saturated carbocycles. The van der Waals surface area contributed by atoms with Crippen molar-refractivity contribution in [1.82, 2.24) is 5.32 Å². The normalized spacial score (nSPS) is 23.1. The lowest BCUT2D eigenvalue weighted by Gasteiger charge is -2.45. The van der Waals surface area contributed by atoms with Gasteiger partial charge in [-0.15, -0.1) is 0 Å². The Labute approximate surface area is 114 Å². The van der Waals surface area contributed by atoms with Crippen LogP contribution in [-0.4, -0.2) is 36.4 Å². The molecule has 4 heteroatoms. The van der Waals surface area contributed by atoms with E-state index in [0.717, 1.165) is 24.5 Å². The fourth-order valence-electron chi connectivity index (χ4n) is 2.62. The Hall–Kier alpha value is -0.770. The van der Waals surface area contributed by atoms with E-state index >= 15 is 0 Å². The van der Waals surface area contributed by atoms with Crippen molar-refractivity contribution in [2.24, 2.45) is 0 Å². The number of rotatable bonds is 3.